The molecule has 0 saturated carbocycles. The van der Waals surface area contributed by atoms with Gasteiger partial charge in [0, 0.05) is 18.9 Å². The molecule has 0 unspecified atom stereocenters. The van der Waals surface area contributed by atoms with E-state index in [-0.39, 0.29) is 24.0 Å². The summed E-state index contributed by atoms with van der Waals surface area (Å²) in [6.07, 6.45) is 4.77. The third kappa shape index (κ3) is 6.05. The Hall–Kier alpha value is -1.57. The predicted molar refractivity (Wildman–Crippen MR) is 102 cm³/mol. The van der Waals surface area contributed by atoms with E-state index in [1.807, 2.05) is 35.1 Å². The van der Waals surface area contributed by atoms with E-state index in [9.17, 15) is 0 Å². The van der Waals surface area contributed by atoms with Gasteiger partial charge in [-0.25, -0.2) is 9.67 Å². The van der Waals surface area contributed by atoms with Crippen molar-refractivity contribution in [2.45, 2.75) is 26.8 Å². The molecule has 0 aliphatic rings. The molecule has 0 spiro atoms. The molecule has 2 rings (SSSR count). The molecular weight excluding hydrogens is 389 g/mol. The van der Waals surface area contributed by atoms with E-state index >= 15 is 0 Å². The Bertz CT molecular complexity index is 578. The van der Waals surface area contributed by atoms with E-state index in [0.29, 0.717) is 18.4 Å². The lowest BCUT2D eigenvalue weighted by molar-refractivity contribution is 0.576. The average Bonchev–Trinajstić information content (AvgIpc) is 2.99. The monoisotopic (exact) mass is 413 g/mol. The highest BCUT2D eigenvalue weighted by atomic mass is 127. The van der Waals surface area contributed by atoms with Crippen molar-refractivity contribution in [2.24, 2.45) is 16.6 Å². The minimum Gasteiger partial charge on any atom is -0.370 e. The van der Waals surface area contributed by atoms with Crippen LogP contribution in [-0.2, 0) is 6.54 Å². The molecule has 0 fully saturated rings. The van der Waals surface area contributed by atoms with Crippen molar-refractivity contribution in [3.05, 3.63) is 48.3 Å². The number of aromatic nitrogens is 2. The van der Waals surface area contributed by atoms with Gasteiger partial charge in [0.1, 0.15) is 0 Å². The smallest absolute Gasteiger partial charge is 0.188 e. The number of halogens is 1. The van der Waals surface area contributed by atoms with Crippen LogP contribution in [0.1, 0.15) is 25.8 Å². The highest BCUT2D eigenvalue weighted by Crippen LogP contribution is 2.10. The molecule has 6 heteroatoms. The molecule has 3 N–H and O–H groups in total. The van der Waals surface area contributed by atoms with Crippen LogP contribution >= 0.6 is 24.0 Å². The molecule has 0 saturated heterocycles. The van der Waals surface area contributed by atoms with E-state index in [4.69, 9.17) is 5.73 Å². The van der Waals surface area contributed by atoms with Gasteiger partial charge in [0.15, 0.2) is 5.96 Å². The second-order valence-electron chi connectivity index (χ2n) is 5.43. The van der Waals surface area contributed by atoms with Crippen LogP contribution in [0.25, 0.3) is 5.69 Å². The Morgan fingerprint density at radius 2 is 2.18 bits per heavy atom. The molecule has 2 aromatic rings. The summed E-state index contributed by atoms with van der Waals surface area (Å²) in [6, 6.07) is 10.0. The summed E-state index contributed by atoms with van der Waals surface area (Å²) in [6.45, 7) is 5.81. The van der Waals surface area contributed by atoms with Gasteiger partial charge in [-0.05, 0) is 36.1 Å². The Balaban J connectivity index is 0.00000242. The highest BCUT2D eigenvalue weighted by Gasteiger charge is 1.99. The number of nitrogens with two attached hydrogens (primary N) is 1. The van der Waals surface area contributed by atoms with Gasteiger partial charge in [-0.15, -0.1) is 24.0 Å². The molecule has 120 valence electrons. The zero-order chi connectivity index (χ0) is 15.1. The normalized spacial score (nSPS) is 11.3. The Kier molecular flexibility index (Phi) is 7.94. The molecule has 1 heterocycles. The fourth-order valence-electron chi connectivity index (χ4n) is 1.94. The summed E-state index contributed by atoms with van der Waals surface area (Å²) in [5.74, 6) is 1.16. The third-order valence-electron chi connectivity index (χ3n) is 3.14. The maximum Gasteiger partial charge on any atom is 0.188 e. The van der Waals surface area contributed by atoms with Crippen LogP contribution in [0.2, 0.25) is 0 Å². The van der Waals surface area contributed by atoms with Crippen LogP contribution in [0, 0.1) is 5.92 Å². The number of hydrogen-bond donors (Lipinski definition) is 2. The molecule has 0 bridgehead atoms. The molecular formula is C16H24IN5. The van der Waals surface area contributed by atoms with Crippen molar-refractivity contribution < 1.29 is 0 Å². The average molecular weight is 413 g/mol. The van der Waals surface area contributed by atoms with E-state index in [2.05, 4.69) is 35.3 Å². The van der Waals surface area contributed by atoms with Gasteiger partial charge >= 0.3 is 0 Å². The van der Waals surface area contributed by atoms with Gasteiger partial charge in [0.05, 0.1) is 12.2 Å². The SMILES string of the molecule is CC(C)CCNC(N)=NCc1cccc(-n2cccn2)c1.I. The van der Waals surface area contributed by atoms with E-state index < -0.39 is 0 Å². The summed E-state index contributed by atoms with van der Waals surface area (Å²) in [5.41, 5.74) is 8.00. The van der Waals surface area contributed by atoms with Gasteiger partial charge in [-0.1, -0.05) is 26.0 Å². The number of nitrogens with zero attached hydrogens (tertiary/aromatic N) is 3. The summed E-state index contributed by atoms with van der Waals surface area (Å²) < 4.78 is 1.83. The zero-order valence-corrected chi connectivity index (χ0v) is 15.4. The van der Waals surface area contributed by atoms with Crippen LogP contribution in [0.4, 0.5) is 0 Å². The Morgan fingerprint density at radius 1 is 1.36 bits per heavy atom. The quantitative estimate of drug-likeness (QED) is 0.435. The maximum absolute atomic E-state index is 5.86. The van der Waals surface area contributed by atoms with Crippen LogP contribution in [0.15, 0.2) is 47.7 Å². The first kappa shape index (κ1) is 18.5. The van der Waals surface area contributed by atoms with Crippen LogP contribution < -0.4 is 11.1 Å². The predicted octanol–water partition coefficient (Wildman–Crippen LogP) is 2.94. The largest absolute Gasteiger partial charge is 0.370 e. The van der Waals surface area contributed by atoms with Crippen molar-refractivity contribution in [2.75, 3.05) is 6.54 Å². The molecule has 5 nitrogen and oxygen atoms in total. The number of benzene rings is 1. The zero-order valence-electron chi connectivity index (χ0n) is 13.1. The number of hydrogen-bond acceptors (Lipinski definition) is 2. The lowest BCUT2D eigenvalue weighted by Crippen LogP contribution is -2.32. The number of aliphatic imine (C=N–C) groups is 1. The minimum atomic E-state index is 0. The molecule has 0 radical (unpaired) electrons. The Labute approximate surface area is 149 Å². The van der Waals surface area contributed by atoms with Gasteiger partial charge in [0.2, 0.25) is 0 Å². The second kappa shape index (κ2) is 9.45. The van der Waals surface area contributed by atoms with E-state index in [0.717, 1.165) is 24.2 Å². The molecule has 22 heavy (non-hydrogen) atoms. The van der Waals surface area contributed by atoms with Crippen molar-refractivity contribution in [1.82, 2.24) is 15.1 Å². The lowest BCUT2D eigenvalue weighted by Gasteiger charge is -2.08. The van der Waals surface area contributed by atoms with Crippen molar-refractivity contribution >= 4 is 29.9 Å². The lowest BCUT2D eigenvalue weighted by atomic mass is 10.1. The van der Waals surface area contributed by atoms with Crippen LogP contribution in [-0.4, -0.2) is 22.3 Å². The fraction of sp³-hybridized carbons (Fsp3) is 0.375. The van der Waals surface area contributed by atoms with E-state index in [1.54, 1.807) is 6.20 Å². The van der Waals surface area contributed by atoms with Gasteiger partial charge < -0.3 is 11.1 Å². The molecule has 0 aliphatic carbocycles. The van der Waals surface area contributed by atoms with Crippen LogP contribution in [0.3, 0.4) is 0 Å². The first-order valence-electron chi connectivity index (χ1n) is 7.28. The summed E-state index contributed by atoms with van der Waals surface area (Å²) >= 11 is 0. The fourth-order valence-corrected chi connectivity index (χ4v) is 1.94. The Morgan fingerprint density at radius 3 is 2.86 bits per heavy atom. The number of nitrogens with one attached hydrogen (secondary N) is 1. The first-order chi connectivity index (χ1) is 10.1. The minimum absolute atomic E-state index is 0. The first-order valence-corrected chi connectivity index (χ1v) is 7.28. The van der Waals surface area contributed by atoms with Crippen molar-refractivity contribution in [3.8, 4) is 5.69 Å². The second-order valence-corrected chi connectivity index (χ2v) is 5.43. The molecule has 0 aliphatic heterocycles. The number of rotatable bonds is 6. The van der Waals surface area contributed by atoms with Crippen LogP contribution in [0.5, 0.6) is 0 Å². The molecule has 0 amide bonds. The summed E-state index contributed by atoms with van der Waals surface area (Å²) in [4.78, 5) is 4.37. The van der Waals surface area contributed by atoms with Crippen molar-refractivity contribution in [3.63, 3.8) is 0 Å². The van der Waals surface area contributed by atoms with Gasteiger partial charge in [0.25, 0.3) is 0 Å². The summed E-state index contributed by atoms with van der Waals surface area (Å²) in [5, 5.41) is 7.36. The number of guanidine groups is 1. The summed E-state index contributed by atoms with van der Waals surface area (Å²) in [7, 11) is 0. The topological polar surface area (TPSA) is 68.2 Å². The standard InChI is InChI=1S/C16H23N5.HI/c1-13(2)7-9-18-16(17)19-12-14-5-3-6-15(11-14)21-10-4-8-20-21;/h3-6,8,10-11,13H,7,9,12H2,1-2H3,(H3,17,18,19);1H. The highest BCUT2D eigenvalue weighted by molar-refractivity contribution is 14.0. The molecule has 1 aromatic carbocycles. The molecule has 1 aromatic heterocycles. The van der Waals surface area contributed by atoms with E-state index in [1.165, 1.54) is 0 Å². The molecule has 0 atom stereocenters. The van der Waals surface area contributed by atoms with Crippen molar-refractivity contribution in [1.29, 1.82) is 0 Å². The van der Waals surface area contributed by atoms with Gasteiger partial charge in [-0.3, -0.25) is 0 Å². The maximum atomic E-state index is 5.86. The third-order valence-corrected chi connectivity index (χ3v) is 3.14. The van der Waals surface area contributed by atoms with Gasteiger partial charge in [-0.2, -0.15) is 5.10 Å².